The molecule has 0 bridgehead atoms. The molecule has 10 heteroatoms. The van der Waals surface area contributed by atoms with Crippen LogP contribution in [0.4, 0.5) is 4.79 Å². The Bertz CT molecular complexity index is 493. The third-order valence-electron chi connectivity index (χ3n) is 5.32. The number of hydrogen-bond donors (Lipinski definition) is 2. The van der Waals surface area contributed by atoms with Gasteiger partial charge in [0.15, 0.2) is 0 Å². The van der Waals surface area contributed by atoms with Crippen molar-refractivity contribution in [3.8, 4) is 0 Å². The molecule has 2 heterocycles. The molecule has 0 spiro atoms. The van der Waals surface area contributed by atoms with Crippen molar-refractivity contribution in [1.82, 2.24) is 14.5 Å². The second-order valence-corrected chi connectivity index (χ2v) is 10.4. The van der Waals surface area contributed by atoms with Crippen molar-refractivity contribution < 1.29 is 14.3 Å². The van der Waals surface area contributed by atoms with E-state index in [1.54, 1.807) is 39.7 Å². The molecule has 28 heavy (non-hydrogen) atoms. The van der Waals surface area contributed by atoms with Gasteiger partial charge in [-0.25, -0.2) is 9.52 Å². The maximum absolute atomic E-state index is 12.2. The van der Waals surface area contributed by atoms with Gasteiger partial charge in [0.25, 0.3) is 0 Å². The highest BCUT2D eigenvalue weighted by molar-refractivity contribution is 8.75. The fraction of sp³-hybridized carbons (Fsp3) is 0.833. The van der Waals surface area contributed by atoms with E-state index in [2.05, 4.69) is 16.5 Å². The minimum absolute atomic E-state index is 0.00282. The Kier molecular flexibility index (Phi) is 11.3. The Hall–Kier alpha value is -0.260. The van der Waals surface area contributed by atoms with Gasteiger partial charge in [0, 0.05) is 31.9 Å². The van der Waals surface area contributed by atoms with Crippen LogP contribution in [0.2, 0.25) is 0 Å². The molecule has 2 fully saturated rings. The van der Waals surface area contributed by atoms with Gasteiger partial charge in [0.2, 0.25) is 0 Å². The molecule has 0 radical (unpaired) electrons. The molecule has 3 N–H and O–H groups in total. The second kappa shape index (κ2) is 13.1. The van der Waals surface area contributed by atoms with Gasteiger partial charge in [-0.3, -0.25) is 4.90 Å². The first-order chi connectivity index (χ1) is 13.6. The summed E-state index contributed by atoms with van der Waals surface area (Å²) in [6.07, 6.45) is 7.66. The van der Waals surface area contributed by atoms with E-state index in [9.17, 15) is 4.79 Å². The number of rotatable bonds is 9. The third-order valence-corrected chi connectivity index (χ3v) is 7.68. The van der Waals surface area contributed by atoms with E-state index >= 15 is 0 Å². The van der Waals surface area contributed by atoms with E-state index in [1.807, 2.05) is 16.6 Å². The van der Waals surface area contributed by atoms with Crippen molar-refractivity contribution in [3.05, 3.63) is 11.6 Å². The van der Waals surface area contributed by atoms with Gasteiger partial charge < -0.3 is 20.1 Å². The van der Waals surface area contributed by atoms with E-state index < -0.39 is 0 Å². The number of nitrogens with zero attached hydrogens (tertiary/aromatic N) is 2. The highest BCUT2D eigenvalue weighted by Crippen LogP contribution is 2.26. The van der Waals surface area contributed by atoms with Gasteiger partial charge in [-0.05, 0) is 55.3 Å². The molecule has 0 aromatic heterocycles. The molecule has 162 valence electrons. The van der Waals surface area contributed by atoms with Crippen LogP contribution in [0.15, 0.2) is 11.6 Å². The van der Waals surface area contributed by atoms with E-state index in [0.717, 1.165) is 45.3 Å². The Labute approximate surface area is 181 Å². The average Bonchev–Trinajstić information content (AvgIpc) is 2.74. The normalized spacial score (nSPS) is 25.9. The average molecular weight is 451 g/mol. The topological polar surface area (TPSA) is 80.1 Å². The van der Waals surface area contributed by atoms with Crippen molar-refractivity contribution in [2.45, 2.75) is 56.2 Å². The highest BCUT2D eigenvalue weighted by atomic mass is 33.1. The summed E-state index contributed by atoms with van der Waals surface area (Å²) in [5.74, 6) is 0. The summed E-state index contributed by atoms with van der Waals surface area (Å²) < 4.78 is 14.8. The molecule has 0 aromatic rings. The Morgan fingerprint density at radius 1 is 1.32 bits per heavy atom. The van der Waals surface area contributed by atoms with E-state index in [-0.39, 0.29) is 24.3 Å². The standard InChI is InChI=1S/C18H34N4O3S3/c1-14(27-12-8-19)21-10-6-15(7-11-21)25-13-17-16(20-28-26-3)5-4-9-22(17)18(23)24-2/h8,12,14-17,20H,4-7,9-11,13,19H2,1-3H3/b12-8-. The molecule has 3 atom stereocenters. The van der Waals surface area contributed by atoms with E-state index in [0.29, 0.717) is 12.0 Å². The maximum Gasteiger partial charge on any atom is 0.409 e. The zero-order valence-corrected chi connectivity index (χ0v) is 19.5. The minimum atomic E-state index is -0.261. The number of amides is 1. The Morgan fingerprint density at radius 2 is 2.07 bits per heavy atom. The van der Waals surface area contributed by atoms with Crippen LogP contribution in [0.5, 0.6) is 0 Å². The van der Waals surface area contributed by atoms with Crippen molar-refractivity contribution in [3.63, 3.8) is 0 Å². The lowest BCUT2D eigenvalue weighted by Gasteiger charge is -2.41. The van der Waals surface area contributed by atoms with Crippen molar-refractivity contribution in [2.75, 3.05) is 39.6 Å². The fourth-order valence-corrected chi connectivity index (χ4v) is 5.60. The lowest BCUT2D eigenvalue weighted by atomic mass is 9.97. The number of ether oxygens (including phenoxy) is 2. The molecule has 2 rings (SSSR count). The van der Waals surface area contributed by atoms with E-state index in [4.69, 9.17) is 15.2 Å². The number of carbonyl (C=O) groups is 1. The number of nitrogens with two attached hydrogens (primary N) is 1. The number of carbonyl (C=O) groups excluding carboxylic acids is 1. The van der Waals surface area contributed by atoms with Crippen LogP contribution in [-0.4, -0.2) is 79.1 Å². The smallest absolute Gasteiger partial charge is 0.409 e. The summed E-state index contributed by atoms with van der Waals surface area (Å²) in [5, 5.41) is 2.36. The lowest BCUT2D eigenvalue weighted by Crippen LogP contribution is -2.57. The predicted molar refractivity (Wildman–Crippen MR) is 121 cm³/mol. The van der Waals surface area contributed by atoms with Crippen LogP contribution in [-0.2, 0) is 9.47 Å². The summed E-state index contributed by atoms with van der Waals surface area (Å²) >= 11 is 1.74. The van der Waals surface area contributed by atoms with Crippen LogP contribution >= 0.6 is 33.5 Å². The van der Waals surface area contributed by atoms with Crippen LogP contribution in [0, 0.1) is 0 Å². The first kappa shape index (κ1) is 24.0. The summed E-state index contributed by atoms with van der Waals surface area (Å²) in [6, 6.07) is 0.216. The van der Waals surface area contributed by atoms with Gasteiger partial charge in [0.1, 0.15) is 0 Å². The number of nitrogens with one attached hydrogen (secondary N) is 1. The molecule has 0 aromatic carbocycles. The molecule has 2 aliphatic heterocycles. The van der Waals surface area contributed by atoms with Crippen LogP contribution in [0.1, 0.15) is 32.6 Å². The summed E-state index contributed by atoms with van der Waals surface area (Å²) in [7, 11) is 4.74. The monoisotopic (exact) mass is 450 g/mol. The predicted octanol–water partition coefficient (Wildman–Crippen LogP) is 3.09. The van der Waals surface area contributed by atoms with E-state index in [1.165, 1.54) is 7.11 Å². The summed E-state index contributed by atoms with van der Waals surface area (Å²) in [4.78, 5) is 16.5. The molecule has 7 nitrogen and oxygen atoms in total. The maximum atomic E-state index is 12.2. The van der Waals surface area contributed by atoms with Crippen molar-refractivity contribution >= 4 is 39.6 Å². The third kappa shape index (κ3) is 7.21. The lowest BCUT2D eigenvalue weighted by molar-refractivity contribution is -0.0332. The number of thioether (sulfide) groups is 1. The Balaban J connectivity index is 1.86. The number of likely N-dealkylation sites (tertiary alicyclic amines) is 2. The zero-order chi connectivity index (χ0) is 20.4. The van der Waals surface area contributed by atoms with Crippen molar-refractivity contribution in [1.29, 1.82) is 0 Å². The summed E-state index contributed by atoms with van der Waals surface area (Å²) in [6.45, 7) is 5.53. The second-order valence-electron chi connectivity index (χ2n) is 6.98. The molecule has 0 saturated carbocycles. The van der Waals surface area contributed by atoms with Gasteiger partial charge in [-0.15, -0.1) is 11.8 Å². The molecule has 2 saturated heterocycles. The first-order valence-corrected chi connectivity index (χ1v) is 13.3. The molecule has 1 amide bonds. The van der Waals surface area contributed by atoms with Gasteiger partial charge in [-0.1, -0.05) is 10.8 Å². The quantitative estimate of drug-likeness (QED) is 0.407. The van der Waals surface area contributed by atoms with Gasteiger partial charge >= 0.3 is 6.09 Å². The van der Waals surface area contributed by atoms with Gasteiger partial charge in [0.05, 0.1) is 31.2 Å². The Morgan fingerprint density at radius 3 is 2.71 bits per heavy atom. The molecular formula is C18H34N4O3S3. The minimum Gasteiger partial charge on any atom is -0.453 e. The van der Waals surface area contributed by atoms with Crippen LogP contribution in [0.25, 0.3) is 0 Å². The summed E-state index contributed by atoms with van der Waals surface area (Å²) in [5.41, 5.74) is 5.44. The SMILES string of the molecule is COC(=O)N1CCCC(NSSC)C1COC1CCN(C(C)S/C=C\N)CC1. The van der Waals surface area contributed by atoms with Gasteiger partial charge in [-0.2, -0.15) is 0 Å². The number of methoxy groups -OCH3 is 1. The largest absolute Gasteiger partial charge is 0.453 e. The van der Waals surface area contributed by atoms with Crippen molar-refractivity contribution in [2.24, 2.45) is 5.73 Å². The van der Waals surface area contributed by atoms with Crippen LogP contribution in [0.3, 0.4) is 0 Å². The first-order valence-electron chi connectivity index (χ1n) is 9.78. The molecule has 2 aliphatic rings. The zero-order valence-electron chi connectivity index (χ0n) is 17.0. The number of piperidine rings is 2. The number of hydrogen-bond acceptors (Lipinski definition) is 9. The highest BCUT2D eigenvalue weighted by Gasteiger charge is 2.36. The fourth-order valence-electron chi connectivity index (χ4n) is 3.74. The molecule has 3 unspecified atom stereocenters. The van der Waals surface area contributed by atoms with Crippen LogP contribution < -0.4 is 10.5 Å². The molecular weight excluding hydrogens is 416 g/mol. The molecule has 0 aliphatic carbocycles.